The van der Waals surface area contributed by atoms with E-state index in [-0.39, 0.29) is 13.2 Å². The van der Waals surface area contributed by atoms with E-state index < -0.39 is 65.8 Å². The maximum Gasteiger partial charge on any atom is 0.408 e. The SMILES string of the molecule is CCOC(=O)CNC(=O)C1C(C(=O)OCC)C1C(NC(=O)OC(C)(C)C)C(=O)O. The van der Waals surface area contributed by atoms with E-state index in [1.807, 2.05) is 0 Å². The second kappa shape index (κ2) is 10.1. The van der Waals surface area contributed by atoms with Crippen molar-refractivity contribution in [3.05, 3.63) is 0 Å². The lowest BCUT2D eigenvalue weighted by Crippen LogP contribution is -2.46. The zero-order valence-corrected chi connectivity index (χ0v) is 17.1. The molecule has 1 rings (SSSR count). The van der Waals surface area contributed by atoms with Crippen molar-refractivity contribution in [3.63, 3.8) is 0 Å². The molecule has 164 valence electrons. The Morgan fingerprint density at radius 1 is 1.00 bits per heavy atom. The molecule has 11 heteroatoms. The van der Waals surface area contributed by atoms with E-state index in [4.69, 9.17) is 14.2 Å². The van der Waals surface area contributed by atoms with Crippen LogP contribution in [0.1, 0.15) is 34.6 Å². The van der Waals surface area contributed by atoms with E-state index in [1.54, 1.807) is 34.6 Å². The Kier molecular flexibility index (Phi) is 8.41. The highest BCUT2D eigenvalue weighted by Crippen LogP contribution is 2.49. The quantitative estimate of drug-likeness (QED) is 0.349. The summed E-state index contributed by atoms with van der Waals surface area (Å²) in [5.74, 6) is -6.79. The van der Waals surface area contributed by atoms with Crippen LogP contribution in [0.3, 0.4) is 0 Å². The number of carboxylic acids is 1. The molecule has 2 amide bonds. The minimum Gasteiger partial charge on any atom is -0.480 e. The topological polar surface area (TPSA) is 157 Å². The van der Waals surface area contributed by atoms with Crippen molar-refractivity contribution in [2.75, 3.05) is 19.8 Å². The fourth-order valence-electron chi connectivity index (χ4n) is 2.88. The van der Waals surface area contributed by atoms with Crippen molar-refractivity contribution in [1.29, 1.82) is 0 Å². The van der Waals surface area contributed by atoms with Gasteiger partial charge < -0.3 is 30.0 Å². The van der Waals surface area contributed by atoms with Gasteiger partial charge in [0.1, 0.15) is 18.2 Å². The van der Waals surface area contributed by atoms with Crippen molar-refractivity contribution in [3.8, 4) is 0 Å². The molecular weight excluding hydrogens is 388 g/mol. The Labute approximate surface area is 168 Å². The molecule has 0 aromatic rings. The molecule has 3 N–H and O–H groups in total. The number of carbonyl (C=O) groups excluding carboxylic acids is 4. The average molecular weight is 416 g/mol. The van der Waals surface area contributed by atoms with Gasteiger partial charge in [0.25, 0.3) is 0 Å². The first-order valence-corrected chi connectivity index (χ1v) is 9.25. The molecular formula is C18H28N2O9. The van der Waals surface area contributed by atoms with Crippen LogP contribution in [0.15, 0.2) is 0 Å². The number of amides is 2. The fraction of sp³-hybridized carbons (Fsp3) is 0.722. The minimum absolute atomic E-state index is 0.0381. The average Bonchev–Trinajstić information content (AvgIpc) is 3.31. The summed E-state index contributed by atoms with van der Waals surface area (Å²) in [5.41, 5.74) is -0.867. The maximum atomic E-state index is 12.4. The van der Waals surface area contributed by atoms with Gasteiger partial charge in [0.15, 0.2) is 0 Å². The van der Waals surface area contributed by atoms with E-state index in [0.717, 1.165) is 0 Å². The van der Waals surface area contributed by atoms with Gasteiger partial charge >= 0.3 is 24.0 Å². The van der Waals surface area contributed by atoms with E-state index in [2.05, 4.69) is 10.6 Å². The number of alkyl carbamates (subject to hydrolysis) is 1. The van der Waals surface area contributed by atoms with Gasteiger partial charge in [-0.1, -0.05) is 0 Å². The molecule has 0 aliphatic heterocycles. The molecule has 0 aromatic carbocycles. The summed E-state index contributed by atoms with van der Waals surface area (Å²) in [6.07, 6.45) is -0.995. The molecule has 0 bridgehead atoms. The van der Waals surface area contributed by atoms with Crippen molar-refractivity contribution in [1.82, 2.24) is 10.6 Å². The van der Waals surface area contributed by atoms with Crippen LogP contribution in [0.5, 0.6) is 0 Å². The Morgan fingerprint density at radius 3 is 2.07 bits per heavy atom. The molecule has 0 radical (unpaired) electrons. The van der Waals surface area contributed by atoms with Crippen LogP contribution in [-0.4, -0.2) is 66.4 Å². The molecule has 0 saturated heterocycles. The van der Waals surface area contributed by atoms with Crippen molar-refractivity contribution < 1.29 is 43.3 Å². The van der Waals surface area contributed by atoms with Crippen molar-refractivity contribution in [2.24, 2.45) is 17.8 Å². The first kappa shape index (κ1) is 24.2. The third kappa shape index (κ3) is 7.24. The zero-order valence-electron chi connectivity index (χ0n) is 17.1. The molecule has 11 nitrogen and oxygen atoms in total. The number of hydrogen-bond acceptors (Lipinski definition) is 8. The van der Waals surface area contributed by atoms with Gasteiger partial charge in [0.2, 0.25) is 5.91 Å². The number of ether oxygens (including phenoxy) is 3. The lowest BCUT2D eigenvalue weighted by molar-refractivity contribution is -0.146. The van der Waals surface area contributed by atoms with E-state index in [9.17, 15) is 29.1 Å². The number of rotatable bonds is 9. The normalized spacial score (nSPS) is 21.3. The van der Waals surface area contributed by atoms with Gasteiger partial charge in [-0.3, -0.25) is 14.4 Å². The van der Waals surface area contributed by atoms with Gasteiger partial charge in [-0.05, 0) is 34.6 Å². The summed E-state index contributed by atoms with van der Waals surface area (Å²) in [7, 11) is 0. The van der Waals surface area contributed by atoms with E-state index in [0.29, 0.717) is 0 Å². The monoisotopic (exact) mass is 416 g/mol. The Hall–Kier alpha value is -2.85. The van der Waals surface area contributed by atoms with Gasteiger partial charge in [-0.25, -0.2) is 9.59 Å². The summed E-state index contributed by atoms with van der Waals surface area (Å²) in [6, 6.07) is -1.56. The molecule has 29 heavy (non-hydrogen) atoms. The summed E-state index contributed by atoms with van der Waals surface area (Å²) in [4.78, 5) is 59.7. The molecule has 1 fully saturated rings. The fourth-order valence-corrected chi connectivity index (χ4v) is 2.88. The van der Waals surface area contributed by atoms with Crippen molar-refractivity contribution in [2.45, 2.75) is 46.3 Å². The van der Waals surface area contributed by atoms with Crippen LogP contribution in [-0.2, 0) is 33.4 Å². The molecule has 0 heterocycles. The predicted octanol–water partition coefficient (Wildman–Crippen LogP) is 0.0689. The number of carboxylic acid groups (broad SMARTS) is 1. The third-order valence-corrected chi connectivity index (χ3v) is 3.97. The summed E-state index contributed by atoms with van der Waals surface area (Å²) >= 11 is 0. The zero-order chi connectivity index (χ0) is 22.4. The van der Waals surface area contributed by atoms with Gasteiger partial charge in [-0.15, -0.1) is 0 Å². The van der Waals surface area contributed by atoms with Gasteiger partial charge in [-0.2, -0.15) is 0 Å². The van der Waals surface area contributed by atoms with Crippen molar-refractivity contribution >= 4 is 29.9 Å². The molecule has 4 unspecified atom stereocenters. The molecule has 1 aliphatic carbocycles. The Balaban J connectivity index is 2.93. The molecule has 0 spiro atoms. The second-order valence-corrected chi connectivity index (χ2v) is 7.37. The first-order chi connectivity index (χ1) is 13.4. The van der Waals surface area contributed by atoms with Crippen LogP contribution in [0.4, 0.5) is 4.79 Å². The van der Waals surface area contributed by atoms with Crippen LogP contribution in [0, 0.1) is 17.8 Å². The number of esters is 2. The minimum atomic E-state index is -1.56. The first-order valence-electron chi connectivity index (χ1n) is 9.25. The molecule has 4 atom stereocenters. The lowest BCUT2D eigenvalue weighted by atomic mass is 10.1. The molecule has 1 saturated carbocycles. The van der Waals surface area contributed by atoms with Crippen LogP contribution >= 0.6 is 0 Å². The number of carbonyl (C=O) groups is 5. The highest BCUT2D eigenvalue weighted by molar-refractivity contribution is 5.95. The third-order valence-electron chi connectivity index (χ3n) is 3.97. The van der Waals surface area contributed by atoms with Gasteiger partial charge in [0, 0.05) is 5.92 Å². The standard InChI is InChI=1S/C18H28N2O9/c1-6-27-9(21)8-19-14(22)11-10(12(11)16(25)28-7-2)13(15(23)24)20-17(26)29-18(3,4)5/h10-13H,6-8H2,1-5H3,(H,19,22)(H,20,26)(H,23,24). The lowest BCUT2D eigenvalue weighted by Gasteiger charge is -2.22. The Bertz CT molecular complexity index is 656. The highest BCUT2D eigenvalue weighted by atomic mass is 16.6. The number of hydrogen-bond donors (Lipinski definition) is 3. The predicted molar refractivity (Wildman–Crippen MR) is 97.5 cm³/mol. The molecule has 1 aliphatic rings. The summed E-state index contributed by atoms with van der Waals surface area (Å²) in [5, 5.41) is 14.0. The number of aliphatic carboxylic acids is 1. The summed E-state index contributed by atoms with van der Waals surface area (Å²) in [6.45, 7) is 7.73. The molecule has 0 aromatic heterocycles. The van der Waals surface area contributed by atoms with Gasteiger partial charge in [0.05, 0.1) is 25.0 Å². The Morgan fingerprint density at radius 2 is 1.59 bits per heavy atom. The second-order valence-electron chi connectivity index (χ2n) is 7.37. The van der Waals surface area contributed by atoms with Crippen LogP contribution in [0.25, 0.3) is 0 Å². The highest BCUT2D eigenvalue weighted by Gasteiger charge is 2.65. The largest absolute Gasteiger partial charge is 0.480 e. The maximum absolute atomic E-state index is 12.4. The summed E-state index contributed by atoms with van der Waals surface area (Å²) < 4.78 is 14.7. The smallest absolute Gasteiger partial charge is 0.408 e. The number of nitrogens with one attached hydrogen (secondary N) is 2. The van der Waals surface area contributed by atoms with Crippen LogP contribution in [0.2, 0.25) is 0 Å². The van der Waals surface area contributed by atoms with E-state index >= 15 is 0 Å². The van der Waals surface area contributed by atoms with Crippen LogP contribution < -0.4 is 10.6 Å². The van der Waals surface area contributed by atoms with E-state index in [1.165, 1.54) is 0 Å².